The molecule has 0 saturated heterocycles. The normalized spacial score (nSPS) is 10.3. The Bertz CT molecular complexity index is 929. The first-order valence-corrected chi connectivity index (χ1v) is 7.02. The number of hydrogen-bond acceptors (Lipinski definition) is 3. The summed E-state index contributed by atoms with van der Waals surface area (Å²) in [4.78, 5) is 0. The average molecular weight is 307 g/mol. The summed E-state index contributed by atoms with van der Waals surface area (Å²) in [5, 5.41) is 11.1. The Morgan fingerprint density at radius 1 is 0.913 bits per heavy atom. The number of halogens is 1. The SMILES string of the molecule is COc1cc(C#N)c2cc(-c3ccc(OC)c(F)c3)ccc2c1. The zero-order chi connectivity index (χ0) is 16.4. The van der Waals surface area contributed by atoms with Gasteiger partial charge < -0.3 is 9.47 Å². The van der Waals surface area contributed by atoms with Crippen LogP contribution in [0, 0.1) is 17.1 Å². The second-order valence-electron chi connectivity index (χ2n) is 5.07. The molecule has 0 amide bonds. The Hall–Kier alpha value is -3.06. The van der Waals surface area contributed by atoms with Gasteiger partial charge in [-0.15, -0.1) is 0 Å². The largest absolute Gasteiger partial charge is 0.497 e. The summed E-state index contributed by atoms with van der Waals surface area (Å²) in [6, 6.07) is 16.2. The standard InChI is InChI=1S/C19H14FNO2/c1-22-16-7-14-4-3-12(9-17(14)15(8-16)11-21)13-5-6-19(23-2)18(20)10-13/h3-10H,1-2H3. The molecule has 0 aliphatic carbocycles. The zero-order valence-corrected chi connectivity index (χ0v) is 12.8. The molecule has 0 N–H and O–H groups in total. The monoisotopic (exact) mass is 307 g/mol. The molecule has 0 aliphatic rings. The number of fused-ring (bicyclic) bond motifs is 1. The topological polar surface area (TPSA) is 42.2 Å². The van der Waals surface area contributed by atoms with Crippen LogP contribution >= 0.6 is 0 Å². The van der Waals surface area contributed by atoms with Crippen LogP contribution in [0.1, 0.15) is 5.56 Å². The minimum Gasteiger partial charge on any atom is -0.497 e. The molecule has 0 atom stereocenters. The van der Waals surface area contributed by atoms with Crippen LogP contribution in [-0.4, -0.2) is 14.2 Å². The molecule has 0 radical (unpaired) electrons. The van der Waals surface area contributed by atoms with Crippen molar-refractivity contribution in [2.45, 2.75) is 0 Å². The van der Waals surface area contributed by atoms with Crippen molar-refractivity contribution < 1.29 is 13.9 Å². The molecule has 3 aromatic carbocycles. The van der Waals surface area contributed by atoms with E-state index in [9.17, 15) is 9.65 Å². The van der Waals surface area contributed by atoms with Crippen molar-refractivity contribution in [3.63, 3.8) is 0 Å². The van der Waals surface area contributed by atoms with Gasteiger partial charge >= 0.3 is 0 Å². The smallest absolute Gasteiger partial charge is 0.165 e. The van der Waals surface area contributed by atoms with Crippen molar-refractivity contribution in [2.75, 3.05) is 14.2 Å². The lowest BCUT2D eigenvalue weighted by Crippen LogP contribution is -1.90. The van der Waals surface area contributed by atoms with Gasteiger partial charge in [-0.25, -0.2) is 4.39 Å². The molecular formula is C19H14FNO2. The van der Waals surface area contributed by atoms with Gasteiger partial charge in [0, 0.05) is 5.39 Å². The van der Waals surface area contributed by atoms with E-state index in [4.69, 9.17) is 9.47 Å². The van der Waals surface area contributed by atoms with E-state index in [0.29, 0.717) is 11.3 Å². The maximum atomic E-state index is 13.9. The fourth-order valence-corrected chi connectivity index (χ4v) is 2.57. The van der Waals surface area contributed by atoms with E-state index in [-0.39, 0.29) is 5.75 Å². The predicted molar refractivity (Wildman–Crippen MR) is 87.2 cm³/mol. The van der Waals surface area contributed by atoms with E-state index < -0.39 is 5.82 Å². The number of hydrogen-bond donors (Lipinski definition) is 0. The van der Waals surface area contributed by atoms with Crippen LogP contribution in [0.3, 0.4) is 0 Å². The molecule has 3 aromatic rings. The highest BCUT2D eigenvalue weighted by Gasteiger charge is 2.09. The number of rotatable bonds is 3. The first kappa shape index (κ1) is 14.9. The summed E-state index contributed by atoms with van der Waals surface area (Å²) in [6.45, 7) is 0. The van der Waals surface area contributed by atoms with E-state index in [1.165, 1.54) is 13.2 Å². The fourth-order valence-electron chi connectivity index (χ4n) is 2.57. The number of nitrogens with zero attached hydrogens (tertiary/aromatic N) is 1. The predicted octanol–water partition coefficient (Wildman–Crippen LogP) is 4.53. The van der Waals surface area contributed by atoms with Gasteiger partial charge in [-0.2, -0.15) is 5.26 Å². The maximum Gasteiger partial charge on any atom is 0.165 e. The minimum absolute atomic E-state index is 0.206. The molecule has 0 aromatic heterocycles. The van der Waals surface area contributed by atoms with Crippen molar-refractivity contribution in [2.24, 2.45) is 0 Å². The van der Waals surface area contributed by atoms with E-state index >= 15 is 0 Å². The van der Waals surface area contributed by atoms with Crippen LogP contribution in [0.5, 0.6) is 11.5 Å². The number of ether oxygens (including phenoxy) is 2. The third-order valence-electron chi connectivity index (χ3n) is 3.77. The second-order valence-corrected chi connectivity index (χ2v) is 5.07. The summed E-state index contributed by atoms with van der Waals surface area (Å²) in [5.41, 5.74) is 2.08. The van der Waals surface area contributed by atoms with Crippen molar-refractivity contribution in [1.82, 2.24) is 0 Å². The lowest BCUT2D eigenvalue weighted by molar-refractivity contribution is 0.386. The van der Waals surface area contributed by atoms with E-state index in [0.717, 1.165) is 21.9 Å². The highest BCUT2D eigenvalue weighted by Crippen LogP contribution is 2.31. The van der Waals surface area contributed by atoms with Crippen molar-refractivity contribution in [1.29, 1.82) is 5.26 Å². The third-order valence-corrected chi connectivity index (χ3v) is 3.77. The Morgan fingerprint density at radius 3 is 2.30 bits per heavy atom. The first-order chi connectivity index (χ1) is 11.2. The molecule has 23 heavy (non-hydrogen) atoms. The van der Waals surface area contributed by atoms with Gasteiger partial charge in [0.1, 0.15) is 5.75 Å². The molecule has 0 unspecified atom stereocenters. The highest BCUT2D eigenvalue weighted by atomic mass is 19.1. The van der Waals surface area contributed by atoms with Crippen LogP contribution < -0.4 is 9.47 Å². The summed E-state index contributed by atoms with van der Waals surface area (Å²) in [5.74, 6) is 0.426. The van der Waals surface area contributed by atoms with Gasteiger partial charge in [0.25, 0.3) is 0 Å². The molecule has 0 bridgehead atoms. The van der Waals surface area contributed by atoms with Crippen LogP contribution in [-0.2, 0) is 0 Å². The van der Waals surface area contributed by atoms with E-state index in [1.54, 1.807) is 25.3 Å². The van der Waals surface area contributed by atoms with Gasteiger partial charge in [-0.1, -0.05) is 18.2 Å². The number of benzene rings is 3. The molecule has 0 heterocycles. The molecular weight excluding hydrogens is 293 g/mol. The molecule has 0 saturated carbocycles. The Balaban J connectivity index is 2.17. The first-order valence-electron chi connectivity index (χ1n) is 7.02. The maximum absolute atomic E-state index is 13.9. The Morgan fingerprint density at radius 2 is 1.65 bits per heavy atom. The lowest BCUT2D eigenvalue weighted by Gasteiger charge is -2.09. The van der Waals surface area contributed by atoms with Crippen molar-refractivity contribution in [3.05, 3.63) is 59.9 Å². The number of methoxy groups -OCH3 is 2. The summed E-state index contributed by atoms with van der Waals surface area (Å²) < 4.78 is 24.0. The van der Waals surface area contributed by atoms with Gasteiger partial charge in [0.15, 0.2) is 11.6 Å². The lowest BCUT2D eigenvalue weighted by atomic mass is 9.98. The summed E-state index contributed by atoms with van der Waals surface area (Å²) in [6.07, 6.45) is 0. The molecule has 114 valence electrons. The van der Waals surface area contributed by atoms with Crippen molar-refractivity contribution in [3.8, 4) is 28.7 Å². The summed E-state index contributed by atoms with van der Waals surface area (Å²) in [7, 11) is 3.00. The van der Waals surface area contributed by atoms with Crippen LogP contribution in [0.15, 0.2) is 48.5 Å². The highest BCUT2D eigenvalue weighted by molar-refractivity contribution is 5.92. The van der Waals surface area contributed by atoms with Crippen LogP contribution in [0.2, 0.25) is 0 Å². The molecule has 0 fully saturated rings. The quantitative estimate of drug-likeness (QED) is 0.713. The molecule has 3 rings (SSSR count). The Labute approximate surface area is 133 Å². The fraction of sp³-hybridized carbons (Fsp3) is 0.105. The molecule has 0 spiro atoms. The Kier molecular flexibility index (Phi) is 3.86. The van der Waals surface area contributed by atoms with Crippen molar-refractivity contribution >= 4 is 10.8 Å². The van der Waals surface area contributed by atoms with Gasteiger partial charge in [0.2, 0.25) is 0 Å². The van der Waals surface area contributed by atoms with Gasteiger partial charge in [0.05, 0.1) is 25.9 Å². The second kappa shape index (κ2) is 5.98. The average Bonchev–Trinajstić information content (AvgIpc) is 2.60. The minimum atomic E-state index is -0.416. The third kappa shape index (κ3) is 2.69. The van der Waals surface area contributed by atoms with E-state index in [2.05, 4.69) is 6.07 Å². The van der Waals surface area contributed by atoms with Crippen LogP contribution in [0.4, 0.5) is 4.39 Å². The van der Waals surface area contributed by atoms with Crippen LogP contribution in [0.25, 0.3) is 21.9 Å². The molecule has 0 aliphatic heterocycles. The van der Waals surface area contributed by atoms with E-state index in [1.807, 2.05) is 24.3 Å². The molecule has 3 nitrogen and oxygen atoms in total. The molecule has 4 heteroatoms. The summed E-state index contributed by atoms with van der Waals surface area (Å²) >= 11 is 0. The zero-order valence-electron chi connectivity index (χ0n) is 12.8. The van der Waals surface area contributed by atoms with Gasteiger partial charge in [-0.3, -0.25) is 0 Å². The number of nitriles is 1. The van der Waals surface area contributed by atoms with Gasteiger partial charge in [-0.05, 0) is 46.8 Å².